The largest absolute Gasteiger partial charge is 0.497 e. The van der Waals surface area contributed by atoms with Gasteiger partial charge in [-0.05, 0) is 60.7 Å². The van der Waals surface area contributed by atoms with Gasteiger partial charge < -0.3 is 9.64 Å². The fourth-order valence-electron chi connectivity index (χ4n) is 3.06. The standard InChI is InChI=1S/C20H23NO/c1-3-21(18-11-13-19(22-2)14-12-18)15-17-9-6-8-16-7-4-5-10-20(16)17/h5-6,8-14H,3-4,7,15H2,1-2H3. The highest BCUT2D eigenvalue weighted by Crippen LogP contribution is 2.26. The molecule has 1 aliphatic rings. The second-order valence-corrected chi connectivity index (χ2v) is 5.64. The lowest BCUT2D eigenvalue weighted by molar-refractivity contribution is 0.415. The number of rotatable bonds is 5. The average molecular weight is 293 g/mol. The van der Waals surface area contributed by atoms with Gasteiger partial charge in [-0.3, -0.25) is 0 Å². The van der Waals surface area contributed by atoms with Crippen LogP contribution < -0.4 is 9.64 Å². The lowest BCUT2D eigenvalue weighted by Crippen LogP contribution is -2.22. The molecule has 0 fully saturated rings. The summed E-state index contributed by atoms with van der Waals surface area (Å²) in [5.41, 5.74) is 5.54. The molecule has 0 atom stereocenters. The van der Waals surface area contributed by atoms with E-state index in [9.17, 15) is 0 Å². The maximum absolute atomic E-state index is 5.25. The molecular formula is C20H23NO. The zero-order chi connectivity index (χ0) is 15.4. The van der Waals surface area contributed by atoms with Gasteiger partial charge >= 0.3 is 0 Å². The van der Waals surface area contributed by atoms with Crippen molar-refractivity contribution in [1.29, 1.82) is 0 Å². The lowest BCUT2D eigenvalue weighted by Gasteiger charge is -2.25. The van der Waals surface area contributed by atoms with E-state index in [1.165, 1.54) is 22.4 Å². The molecular weight excluding hydrogens is 270 g/mol. The number of hydrogen-bond donors (Lipinski definition) is 0. The molecule has 114 valence electrons. The first kappa shape index (κ1) is 14.7. The first-order valence-corrected chi connectivity index (χ1v) is 7.98. The van der Waals surface area contributed by atoms with Gasteiger partial charge in [0.15, 0.2) is 0 Å². The quantitative estimate of drug-likeness (QED) is 0.793. The molecule has 0 aromatic heterocycles. The first-order chi connectivity index (χ1) is 10.8. The third kappa shape index (κ3) is 3.01. The zero-order valence-corrected chi connectivity index (χ0v) is 13.4. The van der Waals surface area contributed by atoms with Crippen molar-refractivity contribution in [3.63, 3.8) is 0 Å². The molecule has 0 bridgehead atoms. The first-order valence-electron chi connectivity index (χ1n) is 7.98. The number of methoxy groups -OCH3 is 1. The van der Waals surface area contributed by atoms with Crippen molar-refractivity contribution in [1.82, 2.24) is 0 Å². The van der Waals surface area contributed by atoms with Crippen LogP contribution in [0.1, 0.15) is 30.0 Å². The van der Waals surface area contributed by atoms with E-state index in [-0.39, 0.29) is 0 Å². The molecule has 0 amide bonds. The summed E-state index contributed by atoms with van der Waals surface area (Å²) in [6.45, 7) is 4.13. The van der Waals surface area contributed by atoms with E-state index < -0.39 is 0 Å². The summed E-state index contributed by atoms with van der Waals surface area (Å²) in [5, 5.41) is 0. The topological polar surface area (TPSA) is 12.5 Å². The molecule has 0 saturated heterocycles. The van der Waals surface area contributed by atoms with E-state index in [0.717, 1.165) is 31.7 Å². The third-order valence-corrected chi connectivity index (χ3v) is 4.33. The third-order valence-electron chi connectivity index (χ3n) is 4.33. The summed E-state index contributed by atoms with van der Waals surface area (Å²) in [4.78, 5) is 2.40. The Bertz CT molecular complexity index is 658. The van der Waals surface area contributed by atoms with Crippen LogP contribution in [-0.2, 0) is 13.0 Å². The number of fused-ring (bicyclic) bond motifs is 1. The molecule has 1 aliphatic carbocycles. The molecule has 0 unspecified atom stereocenters. The highest BCUT2D eigenvalue weighted by atomic mass is 16.5. The SMILES string of the molecule is CCN(Cc1cccc2c1C=CCC2)c1ccc(OC)cc1. The number of allylic oxidation sites excluding steroid dienone is 1. The van der Waals surface area contributed by atoms with Gasteiger partial charge in [-0.25, -0.2) is 0 Å². The minimum absolute atomic E-state index is 0.903. The Morgan fingerprint density at radius 1 is 1.09 bits per heavy atom. The summed E-state index contributed by atoms with van der Waals surface area (Å²) in [5.74, 6) is 0.903. The van der Waals surface area contributed by atoms with Gasteiger partial charge in [-0.2, -0.15) is 0 Å². The minimum Gasteiger partial charge on any atom is -0.497 e. The normalized spacial score (nSPS) is 12.8. The van der Waals surface area contributed by atoms with Gasteiger partial charge in [-0.15, -0.1) is 0 Å². The fraction of sp³-hybridized carbons (Fsp3) is 0.300. The van der Waals surface area contributed by atoms with Crippen LogP contribution in [0.25, 0.3) is 6.08 Å². The Kier molecular flexibility index (Phi) is 4.47. The van der Waals surface area contributed by atoms with Crippen LogP contribution in [0, 0.1) is 0 Å². The Morgan fingerprint density at radius 2 is 1.91 bits per heavy atom. The van der Waals surface area contributed by atoms with Crippen LogP contribution in [0.2, 0.25) is 0 Å². The van der Waals surface area contributed by atoms with Crippen LogP contribution in [0.5, 0.6) is 5.75 Å². The van der Waals surface area contributed by atoms with Crippen molar-refractivity contribution < 1.29 is 4.74 Å². The summed E-state index contributed by atoms with van der Waals surface area (Å²) in [6.07, 6.45) is 6.90. The van der Waals surface area contributed by atoms with E-state index >= 15 is 0 Å². The molecule has 22 heavy (non-hydrogen) atoms. The maximum atomic E-state index is 5.25. The van der Waals surface area contributed by atoms with Crippen LogP contribution in [0.15, 0.2) is 48.5 Å². The Labute approximate surface area is 133 Å². The van der Waals surface area contributed by atoms with Crippen molar-refractivity contribution in [2.45, 2.75) is 26.3 Å². The molecule has 2 aromatic rings. The van der Waals surface area contributed by atoms with E-state index in [4.69, 9.17) is 4.74 Å². The number of nitrogens with zero attached hydrogens (tertiary/aromatic N) is 1. The summed E-state index contributed by atoms with van der Waals surface area (Å²) in [6, 6.07) is 15.0. The second kappa shape index (κ2) is 6.69. The Hall–Kier alpha value is -2.22. The number of anilines is 1. The summed E-state index contributed by atoms with van der Waals surface area (Å²) >= 11 is 0. The molecule has 3 rings (SSSR count). The fourth-order valence-corrected chi connectivity index (χ4v) is 3.06. The number of benzene rings is 2. The highest BCUT2D eigenvalue weighted by Gasteiger charge is 2.12. The smallest absolute Gasteiger partial charge is 0.119 e. The summed E-state index contributed by atoms with van der Waals surface area (Å²) in [7, 11) is 1.70. The van der Waals surface area contributed by atoms with Crippen molar-refractivity contribution in [2.24, 2.45) is 0 Å². The van der Waals surface area contributed by atoms with Crippen LogP contribution in [0.3, 0.4) is 0 Å². The minimum atomic E-state index is 0.903. The molecule has 0 radical (unpaired) electrons. The lowest BCUT2D eigenvalue weighted by atomic mass is 9.93. The summed E-state index contributed by atoms with van der Waals surface area (Å²) < 4.78 is 5.25. The molecule has 0 heterocycles. The molecule has 2 nitrogen and oxygen atoms in total. The molecule has 0 N–H and O–H groups in total. The Balaban J connectivity index is 1.85. The van der Waals surface area contributed by atoms with E-state index in [0.29, 0.717) is 0 Å². The van der Waals surface area contributed by atoms with Gasteiger partial charge in [0.25, 0.3) is 0 Å². The van der Waals surface area contributed by atoms with Gasteiger partial charge in [0.05, 0.1) is 7.11 Å². The zero-order valence-electron chi connectivity index (χ0n) is 13.4. The number of hydrogen-bond acceptors (Lipinski definition) is 2. The second-order valence-electron chi connectivity index (χ2n) is 5.64. The average Bonchev–Trinajstić information content (AvgIpc) is 2.60. The van der Waals surface area contributed by atoms with Gasteiger partial charge in [-0.1, -0.05) is 30.4 Å². The maximum Gasteiger partial charge on any atom is 0.119 e. The van der Waals surface area contributed by atoms with Gasteiger partial charge in [0.2, 0.25) is 0 Å². The van der Waals surface area contributed by atoms with E-state index in [1.54, 1.807) is 7.11 Å². The van der Waals surface area contributed by atoms with Crippen molar-refractivity contribution >= 4 is 11.8 Å². The van der Waals surface area contributed by atoms with Crippen molar-refractivity contribution in [3.8, 4) is 5.75 Å². The van der Waals surface area contributed by atoms with Gasteiger partial charge in [0, 0.05) is 18.8 Å². The molecule has 2 aromatic carbocycles. The van der Waals surface area contributed by atoms with E-state index in [1.807, 2.05) is 12.1 Å². The van der Waals surface area contributed by atoms with Crippen LogP contribution in [-0.4, -0.2) is 13.7 Å². The number of ether oxygens (including phenoxy) is 1. The van der Waals surface area contributed by atoms with E-state index in [2.05, 4.69) is 54.3 Å². The predicted octanol–water partition coefficient (Wildman–Crippen LogP) is 4.68. The monoisotopic (exact) mass is 293 g/mol. The molecule has 0 saturated carbocycles. The molecule has 0 spiro atoms. The molecule has 0 aliphatic heterocycles. The molecule has 2 heteroatoms. The van der Waals surface area contributed by atoms with Crippen molar-refractivity contribution in [2.75, 3.05) is 18.6 Å². The van der Waals surface area contributed by atoms with Crippen LogP contribution >= 0.6 is 0 Å². The predicted molar refractivity (Wildman–Crippen MR) is 93.5 cm³/mol. The van der Waals surface area contributed by atoms with Crippen LogP contribution in [0.4, 0.5) is 5.69 Å². The Morgan fingerprint density at radius 3 is 2.64 bits per heavy atom. The number of aryl methyl sites for hydroxylation is 1. The highest BCUT2D eigenvalue weighted by molar-refractivity contribution is 5.61. The van der Waals surface area contributed by atoms with Crippen molar-refractivity contribution in [3.05, 3.63) is 65.2 Å². The van der Waals surface area contributed by atoms with Gasteiger partial charge in [0.1, 0.15) is 5.75 Å².